The first-order chi connectivity index (χ1) is 8.61. The molecule has 6 heteroatoms. The van der Waals surface area contributed by atoms with E-state index in [1.807, 2.05) is 0 Å². The summed E-state index contributed by atoms with van der Waals surface area (Å²) in [5.74, 6) is -0.376. The zero-order valence-corrected chi connectivity index (χ0v) is 10.4. The van der Waals surface area contributed by atoms with E-state index in [0.29, 0.717) is 6.42 Å². The summed E-state index contributed by atoms with van der Waals surface area (Å²) in [6, 6.07) is 0. The van der Waals surface area contributed by atoms with E-state index < -0.39 is 6.10 Å². The molecule has 0 rings (SSSR count). The molecule has 0 aromatic rings. The first kappa shape index (κ1) is 16.6. The van der Waals surface area contributed by atoms with Gasteiger partial charge in [0.15, 0.2) is 0 Å². The molecule has 0 spiro atoms. The number of hydrogen-bond donors (Lipinski definition) is 4. The third-order valence-electron chi connectivity index (χ3n) is 2.33. The van der Waals surface area contributed by atoms with E-state index in [1.54, 1.807) is 0 Å². The Balaban J connectivity index is 3.60. The molecule has 0 aromatic heterocycles. The number of aliphatic hydroxyl groups excluding tert-OH is 1. The van der Waals surface area contributed by atoms with E-state index in [4.69, 9.17) is 26.1 Å². The van der Waals surface area contributed by atoms with Crippen molar-refractivity contribution in [1.29, 1.82) is 16.2 Å². The van der Waals surface area contributed by atoms with Crippen LogP contribution in [0.25, 0.3) is 0 Å². The zero-order chi connectivity index (χ0) is 13.8. The number of Topliss-reactive ketones (excluding diaryl/α,β-unsaturated/α-hetero) is 1. The number of rotatable bonds is 12. The average Bonchev–Trinajstić information content (AvgIpc) is 2.37. The zero-order valence-electron chi connectivity index (χ0n) is 10.4. The lowest BCUT2D eigenvalue weighted by Gasteiger charge is -2.06. The van der Waals surface area contributed by atoms with Gasteiger partial charge in [-0.2, -0.15) is 0 Å². The molecule has 0 aliphatic rings. The van der Waals surface area contributed by atoms with E-state index in [-0.39, 0.29) is 24.7 Å². The molecule has 0 radical (unpaired) electrons. The largest absolute Gasteiger partial charge is 0.385 e. The Morgan fingerprint density at radius 1 is 1.28 bits per heavy atom. The van der Waals surface area contributed by atoms with E-state index in [2.05, 4.69) is 0 Å². The van der Waals surface area contributed by atoms with Crippen LogP contribution in [0.2, 0.25) is 0 Å². The summed E-state index contributed by atoms with van der Waals surface area (Å²) in [4.78, 5) is 11.4. The second-order valence-electron chi connectivity index (χ2n) is 3.95. The highest BCUT2D eigenvalue weighted by Gasteiger charge is 2.10. The number of carbonyl (C=O) groups is 1. The lowest BCUT2D eigenvalue weighted by molar-refractivity contribution is -0.117. The second kappa shape index (κ2) is 10.7. The Morgan fingerprint density at radius 3 is 2.61 bits per heavy atom. The fraction of sp³-hybridized carbons (Fsp3) is 0.667. The summed E-state index contributed by atoms with van der Waals surface area (Å²) in [5.41, 5.74) is 0.0363. The molecule has 0 aromatic carbocycles. The van der Waals surface area contributed by atoms with Gasteiger partial charge in [0.2, 0.25) is 5.78 Å². The van der Waals surface area contributed by atoms with Gasteiger partial charge in [-0.05, 0) is 31.9 Å². The summed E-state index contributed by atoms with van der Waals surface area (Å²) < 4.78 is 4.89. The number of ether oxygens (including phenoxy) is 1. The molecule has 0 fully saturated rings. The maximum atomic E-state index is 11.4. The topological polar surface area (TPSA) is 118 Å². The van der Waals surface area contributed by atoms with Gasteiger partial charge >= 0.3 is 0 Å². The van der Waals surface area contributed by atoms with Crippen molar-refractivity contribution in [2.24, 2.45) is 0 Å². The maximum absolute atomic E-state index is 11.4. The number of ketones is 1. The van der Waals surface area contributed by atoms with Gasteiger partial charge in [-0.15, -0.1) is 0 Å². The van der Waals surface area contributed by atoms with Gasteiger partial charge in [0.1, 0.15) is 12.7 Å². The first-order valence-electron chi connectivity index (χ1n) is 5.97. The van der Waals surface area contributed by atoms with Crippen molar-refractivity contribution in [3.63, 3.8) is 0 Å². The number of carbonyl (C=O) groups excluding carboxylic acids is 1. The van der Waals surface area contributed by atoms with Gasteiger partial charge in [-0.1, -0.05) is 6.42 Å². The molecule has 4 N–H and O–H groups in total. The fourth-order valence-corrected chi connectivity index (χ4v) is 1.27. The minimum atomic E-state index is -0.992. The van der Waals surface area contributed by atoms with Crippen LogP contribution in [0, 0.1) is 16.2 Å². The van der Waals surface area contributed by atoms with Crippen LogP contribution in [-0.2, 0) is 9.53 Å². The number of unbranched alkanes of at least 4 members (excludes halogenated alkanes) is 3. The normalized spacial score (nSPS) is 11.8. The molecule has 0 aliphatic heterocycles. The molecule has 0 saturated carbocycles. The van der Waals surface area contributed by atoms with Crippen molar-refractivity contribution < 1.29 is 14.6 Å². The van der Waals surface area contributed by atoms with Crippen molar-refractivity contribution in [2.45, 2.75) is 38.2 Å². The van der Waals surface area contributed by atoms with Crippen LogP contribution in [-0.4, -0.2) is 48.3 Å². The van der Waals surface area contributed by atoms with E-state index in [9.17, 15) is 4.79 Å². The van der Waals surface area contributed by atoms with Gasteiger partial charge in [-0.25, -0.2) is 0 Å². The van der Waals surface area contributed by atoms with Crippen LogP contribution in [0.3, 0.4) is 0 Å². The molecular formula is C12H21N3O3. The monoisotopic (exact) mass is 255 g/mol. The van der Waals surface area contributed by atoms with Crippen LogP contribution in [0.15, 0.2) is 0 Å². The molecule has 1 unspecified atom stereocenters. The molecule has 6 nitrogen and oxygen atoms in total. The quantitative estimate of drug-likeness (QED) is 0.310. The predicted octanol–water partition coefficient (Wildman–Crippen LogP) is 1.20. The fourth-order valence-electron chi connectivity index (χ4n) is 1.27. The lowest BCUT2D eigenvalue weighted by Crippen LogP contribution is -2.23. The minimum absolute atomic E-state index is 0.0363. The highest BCUT2D eigenvalue weighted by Crippen LogP contribution is 2.03. The summed E-state index contributed by atoms with van der Waals surface area (Å²) in [6.45, 7) is -0.313. The van der Waals surface area contributed by atoms with Crippen molar-refractivity contribution in [1.82, 2.24) is 0 Å². The van der Waals surface area contributed by atoms with E-state index in [0.717, 1.165) is 31.9 Å². The SMILES string of the molecule is N=CCCCCCC(=N)C(=O)COCC(O)C=N. The molecule has 0 saturated heterocycles. The molecular weight excluding hydrogens is 234 g/mol. The van der Waals surface area contributed by atoms with Crippen LogP contribution in [0.1, 0.15) is 32.1 Å². The van der Waals surface area contributed by atoms with Crippen LogP contribution in [0.4, 0.5) is 0 Å². The van der Waals surface area contributed by atoms with Gasteiger partial charge in [0.05, 0.1) is 12.3 Å². The molecule has 102 valence electrons. The Kier molecular flexibility index (Phi) is 9.90. The molecule has 1 atom stereocenters. The Labute approximate surface area is 107 Å². The number of nitrogens with one attached hydrogen (secondary N) is 3. The molecule has 0 amide bonds. The Bertz CT molecular complexity index is 292. The smallest absolute Gasteiger partial charge is 0.201 e. The predicted molar refractivity (Wildman–Crippen MR) is 70.2 cm³/mol. The maximum Gasteiger partial charge on any atom is 0.201 e. The van der Waals surface area contributed by atoms with Crippen LogP contribution < -0.4 is 0 Å². The van der Waals surface area contributed by atoms with Gasteiger partial charge < -0.3 is 26.1 Å². The lowest BCUT2D eigenvalue weighted by atomic mass is 10.1. The third-order valence-corrected chi connectivity index (χ3v) is 2.33. The highest BCUT2D eigenvalue weighted by atomic mass is 16.5. The first-order valence-corrected chi connectivity index (χ1v) is 5.97. The summed E-state index contributed by atoms with van der Waals surface area (Å²) >= 11 is 0. The Hall–Kier alpha value is -1.40. The van der Waals surface area contributed by atoms with E-state index in [1.165, 1.54) is 6.21 Å². The van der Waals surface area contributed by atoms with Crippen LogP contribution >= 0.6 is 0 Å². The van der Waals surface area contributed by atoms with Crippen molar-refractivity contribution in [3.05, 3.63) is 0 Å². The number of aliphatic hydroxyl groups is 1. The van der Waals surface area contributed by atoms with Crippen molar-refractivity contribution in [2.75, 3.05) is 13.2 Å². The van der Waals surface area contributed by atoms with Crippen LogP contribution in [0.5, 0.6) is 0 Å². The minimum Gasteiger partial charge on any atom is -0.385 e. The van der Waals surface area contributed by atoms with E-state index >= 15 is 0 Å². The molecule has 0 aliphatic carbocycles. The van der Waals surface area contributed by atoms with Gasteiger partial charge in [0.25, 0.3) is 0 Å². The highest BCUT2D eigenvalue weighted by molar-refractivity contribution is 6.39. The third kappa shape index (κ3) is 8.72. The van der Waals surface area contributed by atoms with Crippen molar-refractivity contribution in [3.8, 4) is 0 Å². The summed E-state index contributed by atoms with van der Waals surface area (Å²) in [6.07, 6.45) is 4.94. The average molecular weight is 255 g/mol. The standard InChI is InChI=1S/C12H21N3O3/c13-6-4-2-1-3-5-11(15)12(17)9-18-8-10(16)7-14/h6-7,10,13-16H,1-5,8-9H2. The van der Waals surface area contributed by atoms with Gasteiger partial charge in [0, 0.05) is 6.21 Å². The molecule has 0 bridgehead atoms. The van der Waals surface area contributed by atoms with Crippen molar-refractivity contribution >= 4 is 23.9 Å². The number of hydrogen-bond acceptors (Lipinski definition) is 6. The van der Waals surface area contributed by atoms with Gasteiger partial charge in [-0.3, -0.25) is 4.79 Å². The molecule has 18 heavy (non-hydrogen) atoms. The second-order valence-corrected chi connectivity index (χ2v) is 3.95. The molecule has 0 heterocycles. The summed E-state index contributed by atoms with van der Waals surface area (Å²) in [7, 11) is 0. The Morgan fingerprint density at radius 2 is 2.00 bits per heavy atom. The summed E-state index contributed by atoms with van der Waals surface area (Å²) in [5, 5.41) is 30.1.